The molecule has 0 spiro atoms. The summed E-state index contributed by atoms with van der Waals surface area (Å²) in [4.78, 5) is 11.4. The fourth-order valence-corrected chi connectivity index (χ4v) is 3.04. The molecule has 8 nitrogen and oxygen atoms in total. The smallest absolute Gasteiger partial charge is 0.302 e. The van der Waals surface area contributed by atoms with Crippen LogP contribution < -0.4 is 5.43 Å². The molecule has 0 amide bonds. The molecule has 0 unspecified atom stereocenters. The third-order valence-corrected chi connectivity index (χ3v) is 4.19. The Morgan fingerprint density at radius 2 is 1.54 bits per heavy atom. The summed E-state index contributed by atoms with van der Waals surface area (Å²) in [7, 11) is -4.98. The van der Waals surface area contributed by atoms with Crippen LogP contribution >= 0.6 is 0 Å². The average Bonchev–Trinajstić information content (AvgIpc) is 2.45. The van der Waals surface area contributed by atoms with Gasteiger partial charge in [-0.05, 0) is 24.3 Å². The van der Waals surface area contributed by atoms with Gasteiger partial charge in [0.2, 0.25) is 5.43 Å². The van der Waals surface area contributed by atoms with Crippen molar-refractivity contribution in [2.75, 3.05) is 0 Å². The van der Waals surface area contributed by atoms with Crippen LogP contribution in [0.2, 0.25) is 0 Å². The quantitative estimate of drug-likeness (QED) is 0.512. The van der Waals surface area contributed by atoms with E-state index < -0.39 is 43.1 Å². The number of rotatable bonds is 2. The van der Waals surface area contributed by atoms with E-state index in [4.69, 9.17) is 4.42 Å². The Balaban J connectivity index is 2.52. The van der Waals surface area contributed by atoms with Gasteiger partial charge in [0, 0.05) is 17.7 Å². The summed E-state index contributed by atoms with van der Waals surface area (Å²) in [5.41, 5.74) is -1.37. The molecule has 1 heterocycles. The van der Waals surface area contributed by atoms with Crippen molar-refractivity contribution in [2.45, 2.75) is 4.90 Å². The Bertz CT molecular complexity index is 1110. The Kier molecular flexibility index (Phi) is 3.47. The maximum atomic E-state index is 12.5. The van der Waals surface area contributed by atoms with Crippen LogP contribution in [0.25, 0.3) is 22.3 Å². The molecular weight excluding hydrogens is 340 g/mol. The van der Waals surface area contributed by atoms with Crippen molar-refractivity contribution >= 4 is 21.1 Å². The monoisotopic (exact) mass is 350 g/mol. The van der Waals surface area contributed by atoms with E-state index in [1.54, 1.807) is 0 Å². The standard InChI is InChI=1S/C15H10O8S/c16-8-3-1-7(2-4-8)14-15(24(20,21)22)13(19)12-10(18)5-9(17)6-11(12)23-14/h1-6,16-18H,(H,20,21,22). The molecular formula is C15H10O8S. The van der Waals surface area contributed by atoms with Gasteiger partial charge in [0.25, 0.3) is 0 Å². The maximum Gasteiger partial charge on any atom is 0.302 e. The molecule has 3 rings (SSSR count). The predicted molar refractivity (Wildman–Crippen MR) is 82.7 cm³/mol. The summed E-state index contributed by atoms with van der Waals surface area (Å²) in [5, 5.41) is 28.1. The van der Waals surface area contributed by atoms with Gasteiger partial charge in [-0.1, -0.05) is 0 Å². The lowest BCUT2D eigenvalue weighted by Gasteiger charge is -2.09. The van der Waals surface area contributed by atoms with Crippen molar-refractivity contribution in [3.05, 3.63) is 46.6 Å². The molecule has 0 fully saturated rings. The molecule has 0 aliphatic heterocycles. The Hall–Kier alpha value is -3.04. The second-order valence-electron chi connectivity index (χ2n) is 4.95. The van der Waals surface area contributed by atoms with Crippen LogP contribution in [-0.4, -0.2) is 28.3 Å². The largest absolute Gasteiger partial charge is 0.508 e. The molecule has 9 heteroatoms. The highest BCUT2D eigenvalue weighted by Gasteiger charge is 2.27. The topological polar surface area (TPSA) is 145 Å². The Morgan fingerprint density at radius 1 is 0.917 bits per heavy atom. The Morgan fingerprint density at radius 3 is 2.12 bits per heavy atom. The van der Waals surface area contributed by atoms with Crippen molar-refractivity contribution in [1.82, 2.24) is 0 Å². The van der Waals surface area contributed by atoms with Crippen LogP contribution in [-0.2, 0) is 10.1 Å². The third-order valence-electron chi connectivity index (χ3n) is 3.31. The van der Waals surface area contributed by atoms with Crippen molar-refractivity contribution < 1.29 is 32.7 Å². The summed E-state index contributed by atoms with van der Waals surface area (Å²) in [6.45, 7) is 0. The van der Waals surface area contributed by atoms with Gasteiger partial charge in [-0.25, -0.2) is 0 Å². The second kappa shape index (κ2) is 5.25. The van der Waals surface area contributed by atoms with E-state index in [9.17, 15) is 33.1 Å². The van der Waals surface area contributed by atoms with Crippen LogP contribution in [0.5, 0.6) is 17.2 Å². The number of aromatic hydroxyl groups is 3. The fraction of sp³-hybridized carbons (Fsp3) is 0. The van der Waals surface area contributed by atoms with Gasteiger partial charge in [-0.2, -0.15) is 8.42 Å². The van der Waals surface area contributed by atoms with Crippen LogP contribution in [0.15, 0.2) is 50.5 Å². The molecule has 2 aromatic carbocycles. The summed E-state index contributed by atoms with van der Waals surface area (Å²) in [5.74, 6) is -1.69. The first kappa shape index (κ1) is 15.8. The maximum absolute atomic E-state index is 12.5. The Labute approximate surface area is 134 Å². The summed E-state index contributed by atoms with van der Waals surface area (Å²) in [6.07, 6.45) is 0. The number of phenolic OH excluding ortho intramolecular Hbond substituents is 3. The zero-order valence-corrected chi connectivity index (χ0v) is 12.6. The van der Waals surface area contributed by atoms with E-state index in [0.29, 0.717) is 0 Å². The van der Waals surface area contributed by atoms with Crippen molar-refractivity contribution in [2.24, 2.45) is 0 Å². The molecule has 124 valence electrons. The van der Waals surface area contributed by atoms with E-state index in [0.717, 1.165) is 12.1 Å². The van der Waals surface area contributed by atoms with Crippen molar-refractivity contribution in [3.63, 3.8) is 0 Å². The SMILES string of the molecule is O=c1c(S(=O)(=O)O)c(-c2ccc(O)cc2)oc2cc(O)cc(O)c12. The lowest BCUT2D eigenvalue weighted by molar-refractivity contribution is 0.451. The second-order valence-corrected chi connectivity index (χ2v) is 6.31. The summed E-state index contributed by atoms with van der Waals surface area (Å²) >= 11 is 0. The van der Waals surface area contributed by atoms with Gasteiger partial charge < -0.3 is 19.7 Å². The lowest BCUT2D eigenvalue weighted by Crippen LogP contribution is -2.16. The zero-order chi connectivity index (χ0) is 17.6. The molecule has 0 bridgehead atoms. The van der Waals surface area contributed by atoms with Crippen molar-refractivity contribution in [1.29, 1.82) is 0 Å². The minimum Gasteiger partial charge on any atom is -0.508 e. The molecule has 0 aliphatic rings. The van der Waals surface area contributed by atoms with Crippen LogP contribution in [0, 0.1) is 0 Å². The van der Waals surface area contributed by atoms with Gasteiger partial charge in [0.1, 0.15) is 28.2 Å². The van der Waals surface area contributed by atoms with E-state index in [1.807, 2.05) is 0 Å². The van der Waals surface area contributed by atoms with Crippen molar-refractivity contribution in [3.8, 4) is 28.6 Å². The molecule has 3 aromatic rings. The summed E-state index contributed by atoms with van der Waals surface area (Å²) < 4.78 is 38.1. The van der Waals surface area contributed by atoms with Crippen LogP contribution in [0.4, 0.5) is 0 Å². The van der Waals surface area contributed by atoms with E-state index in [-0.39, 0.29) is 16.9 Å². The summed E-state index contributed by atoms with van der Waals surface area (Å²) in [6, 6.07) is 6.87. The highest BCUT2D eigenvalue weighted by molar-refractivity contribution is 7.86. The first-order valence-corrected chi connectivity index (χ1v) is 7.92. The van der Waals surface area contributed by atoms with E-state index >= 15 is 0 Å². The van der Waals surface area contributed by atoms with Crippen LogP contribution in [0.3, 0.4) is 0 Å². The number of fused-ring (bicyclic) bond motifs is 1. The highest BCUT2D eigenvalue weighted by Crippen LogP contribution is 2.34. The first-order valence-electron chi connectivity index (χ1n) is 6.48. The highest BCUT2D eigenvalue weighted by atomic mass is 32.2. The molecule has 0 saturated heterocycles. The number of phenols is 3. The molecule has 0 aliphatic carbocycles. The number of hydrogen-bond donors (Lipinski definition) is 4. The van der Waals surface area contributed by atoms with Gasteiger partial charge in [0.15, 0.2) is 10.7 Å². The van der Waals surface area contributed by atoms with E-state index in [2.05, 4.69) is 0 Å². The molecule has 0 saturated carbocycles. The lowest BCUT2D eigenvalue weighted by atomic mass is 10.1. The number of hydrogen-bond acceptors (Lipinski definition) is 7. The van der Waals surface area contributed by atoms with Gasteiger partial charge in [-0.15, -0.1) is 0 Å². The van der Waals surface area contributed by atoms with Crippen LogP contribution in [0.1, 0.15) is 0 Å². The normalized spacial score (nSPS) is 11.7. The van der Waals surface area contributed by atoms with Gasteiger partial charge >= 0.3 is 10.1 Å². The molecule has 24 heavy (non-hydrogen) atoms. The predicted octanol–water partition coefficient (Wildman–Crippen LogP) is 1.82. The average molecular weight is 350 g/mol. The minimum absolute atomic E-state index is 0.0854. The fourth-order valence-electron chi connectivity index (χ4n) is 2.31. The molecule has 0 radical (unpaired) electrons. The van der Waals surface area contributed by atoms with E-state index in [1.165, 1.54) is 24.3 Å². The zero-order valence-electron chi connectivity index (χ0n) is 11.8. The third kappa shape index (κ3) is 2.55. The van der Waals surface area contributed by atoms with Gasteiger partial charge in [0.05, 0.1) is 0 Å². The molecule has 4 N–H and O–H groups in total. The van der Waals surface area contributed by atoms with Gasteiger partial charge in [-0.3, -0.25) is 9.35 Å². The first-order chi connectivity index (χ1) is 11.2. The number of benzene rings is 2. The molecule has 1 aromatic heterocycles. The molecule has 0 atom stereocenters. The minimum atomic E-state index is -4.98.